The second-order valence-corrected chi connectivity index (χ2v) is 6.35. The molecule has 0 unspecified atom stereocenters. The van der Waals surface area contributed by atoms with Crippen LogP contribution in [0.2, 0.25) is 5.02 Å². The van der Waals surface area contributed by atoms with E-state index in [0.717, 1.165) is 51.5 Å². The molecule has 3 N–H and O–H groups in total. The second kappa shape index (κ2) is 9.88. The molecule has 0 saturated carbocycles. The first-order valence-corrected chi connectivity index (χ1v) is 8.80. The highest BCUT2D eigenvalue weighted by molar-refractivity contribution is 7.80. The molecule has 1 fully saturated rings. The Labute approximate surface area is 153 Å². The first kappa shape index (κ1) is 19.1. The molecule has 1 aromatic carbocycles. The average molecular weight is 375 g/mol. The molecule has 0 amide bonds. The highest BCUT2D eigenvalue weighted by Gasteiger charge is 2.13. The molecule has 8 heteroatoms. The van der Waals surface area contributed by atoms with Gasteiger partial charge in [0.05, 0.1) is 44.7 Å². The summed E-state index contributed by atoms with van der Waals surface area (Å²) in [4.78, 5) is 1.59. The summed E-state index contributed by atoms with van der Waals surface area (Å²) < 4.78 is 15.9. The van der Waals surface area contributed by atoms with Crippen molar-refractivity contribution in [2.24, 2.45) is 0 Å². The number of quaternary nitrogens is 1. The fraction of sp³-hybridized carbons (Fsp3) is 0.562. The monoisotopic (exact) mass is 374 g/mol. The largest absolute Gasteiger partial charge is 0.495 e. The zero-order valence-corrected chi connectivity index (χ0v) is 15.7. The smallest absolute Gasteiger partial charge is 0.170 e. The number of methoxy groups -OCH3 is 2. The molecule has 24 heavy (non-hydrogen) atoms. The van der Waals surface area contributed by atoms with E-state index in [1.165, 1.54) is 0 Å². The van der Waals surface area contributed by atoms with Crippen LogP contribution in [0.3, 0.4) is 0 Å². The van der Waals surface area contributed by atoms with E-state index in [0.29, 0.717) is 21.6 Å². The predicted octanol–water partition coefficient (Wildman–Crippen LogP) is 0.949. The van der Waals surface area contributed by atoms with Gasteiger partial charge in [0.1, 0.15) is 24.6 Å². The van der Waals surface area contributed by atoms with Crippen LogP contribution < -0.4 is 25.0 Å². The summed E-state index contributed by atoms with van der Waals surface area (Å²) in [6, 6.07) is 3.47. The summed E-state index contributed by atoms with van der Waals surface area (Å²) in [5.74, 6) is 1.18. The predicted molar refractivity (Wildman–Crippen MR) is 99.8 cm³/mol. The van der Waals surface area contributed by atoms with E-state index in [4.69, 9.17) is 38.0 Å². The molecular formula is C16H25ClN3O3S+. The Balaban J connectivity index is 1.79. The Morgan fingerprint density at radius 1 is 1.25 bits per heavy atom. The maximum Gasteiger partial charge on any atom is 0.170 e. The summed E-state index contributed by atoms with van der Waals surface area (Å²) >= 11 is 11.4. The van der Waals surface area contributed by atoms with E-state index < -0.39 is 0 Å². The van der Waals surface area contributed by atoms with Crippen molar-refractivity contribution in [3.63, 3.8) is 0 Å². The number of halogens is 1. The minimum absolute atomic E-state index is 0.493. The first-order chi connectivity index (χ1) is 11.6. The van der Waals surface area contributed by atoms with Crippen LogP contribution in [-0.2, 0) is 4.74 Å². The van der Waals surface area contributed by atoms with Crippen molar-refractivity contribution >= 4 is 34.6 Å². The molecule has 1 saturated heterocycles. The molecular weight excluding hydrogens is 350 g/mol. The van der Waals surface area contributed by atoms with Crippen molar-refractivity contribution in [1.29, 1.82) is 0 Å². The first-order valence-electron chi connectivity index (χ1n) is 8.01. The Morgan fingerprint density at radius 3 is 2.62 bits per heavy atom. The standard InChI is InChI=1S/C16H24ClN3O3S/c1-21-14-11-13(15(22-2)10-12(14)17)19-16(24)18-4-3-5-20-6-8-23-9-7-20/h10-11H,3-9H2,1-2H3,(H2,18,19,24)/p+1. The zero-order valence-electron chi connectivity index (χ0n) is 14.1. The molecule has 1 aliphatic heterocycles. The van der Waals surface area contributed by atoms with Gasteiger partial charge in [0.25, 0.3) is 0 Å². The van der Waals surface area contributed by atoms with E-state index in [9.17, 15) is 0 Å². The third-order valence-electron chi connectivity index (χ3n) is 3.91. The molecule has 0 bridgehead atoms. The molecule has 134 valence electrons. The summed E-state index contributed by atoms with van der Waals surface area (Å²) in [6.07, 6.45) is 1.05. The van der Waals surface area contributed by atoms with Crippen LogP contribution in [0.4, 0.5) is 5.69 Å². The van der Waals surface area contributed by atoms with E-state index in [1.54, 1.807) is 31.3 Å². The van der Waals surface area contributed by atoms with Gasteiger partial charge < -0.3 is 29.7 Å². The number of hydrogen-bond donors (Lipinski definition) is 3. The Morgan fingerprint density at radius 2 is 1.96 bits per heavy atom. The average Bonchev–Trinajstić information content (AvgIpc) is 2.60. The summed E-state index contributed by atoms with van der Waals surface area (Å²) in [5.41, 5.74) is 0.718. The third kappa shape index (κ3) is 5.66. The number of morpholine rings is 1. The lowest BCUT2D eigenvalue weighted by molar-refractivity contribution is -0.908. The van der Waals surface area contributed by atoms with E-state index >= 15 is 0 Å². The van der Waals surface area contributed by atoms with Crippen molar-refractivity contribution < 1.29 is 19.1 Å². The van der Waals surface area contributed by atoms with Crippen LogP contribution in [0.25, 0.3) is 0 Å². The van der Waals surface area contributed by atoms with Crippen molar-refractivity contribution in [3.8, 4) is 11.5 Å². The third-order valence-corrected chi connectivity index (χ3v) is 4.46. The van der Waals surface area contributed by atoms with Crippen LogP contribution in [0.5, 0.6) is 11.5 Å². The van der Waals surface area contributed by atoms with Crippen LogP contribution in [0.1, 0.15) is 6.42 Å². The lowest BCUT2D eigenvalue weighted by Crippen LogP contribution is -3.14. The number of benzene rings is 1. The van der Waals surface area contributed by atoms with E-state index in [1.807, 2.05) is 0 Å². The normalized spacial score (nSPS) is 15.0. The maximum atomic E-state index is 6.10. The van der Waals surface area contributed by atoms with Crippen LogP contribution in [-0.4, -0.2) is 58.7 Å². The van der Waals surface area contributed by atoms with Gasteiger partial charge in [-0.05, 0) is 12.2 Å². The lowest BCUT2D eigenvalue weighted by Gasteiger charge is -2.23. The summed E-state index contributed by atoms with van der Waals surface area (Å²) in [7, 11) is 3.16. The van der Waals surface area contributed by atoms with Crippen LogP contribution >= 0.6 is 23.8 Å². The fourth-order valence-electron chi connectivity index (χ4n) is 2.58. The Bertz CT molecular complexity index is 554. The summed E-state index contributed by atoms with van der Waals surface area (Å²) in [6.45, 7) is 5.84. The molecule has 1 aromatic rings. The van der Waals surface area contributed by atoms with Crippen molar-refractivity contribution in [2.45, 2.75) is 6.42 Å². The molecule has 0 atom stereocenters. The topological polar surface area (TPSA) is 56.2 Å². The quantitative estimate of drug-likeness (QED) is 0.488. The zero-order chi connectivity index (χ0) is 17.4. The molecule has 2 rings (SSSR count). The highest BCUT2D eigenvalue weighted by Crippen LogP contribution is 2.35. The molecule has 6 nitrogen and oxygen atoms in total. The van der Waals surface area contributed by atoms with Crippen LogP contribution in [0.15, 0.2) is 12.1 Å². The molecule has 1 heterocycles. The van der Waals surface area contributed by atoms with E-state index in [2.05, 4.69) is 10.6 Å². The van der Waals surface area contributed by atoms with Gasteiger partial charge >= 0.3 is 0 Å². The van der Waals surface area contributed by atoms with Gasteiger partial charge in [0, 0.05) is 25.1 Å². The summed E-state index contributed by atoms with van der Waals surface area (Å²) in [5, 5.41) is 7.40. The van der Waals surface area contributed by atoms with Gasteiger partial charge in [-0.15, -0.1) is 0 Å². The van der Waals surface area contributed by atoms with Crippen LogP contribution in [0, 0.1) is 0 Å². The number of anilines is 1. The minimum Gasteiger partial charge on any atom is -0.495 e. The van der Waals surface area contributed by atoms with Gasteiger partial charge in [0.2, 0.25) is 0 Å². The molecule has 1 aliphatic rings. The fourth-order valence-corrected chi connectivity index (χ4v) is 3.02. The van der Waals surface area contributed by atoms with Crippen molar-refractivity contribution in [2.75, 3.05) is 58.9 Å². The minimum atomic E-state index is 0.493. The van der Waals surface area contributed by atoms with Gasteiger partial charge in [-0.25, -0.2) is 0 Å². The molecule has 0 radical (unpaired) electrons. The van der Waals surface area contributed by atoms with Gasteiger partial charge in [-0.2, -0.15) is 0 Å². The number of thiocarbonyl (C=S) groups is 1. The Hall–Kier alpha value is -1.28. The Kier molecular flexibility index (Phi) is 7.84. The highest BCUT2D eigenvalue weighted by atomic mass is 35.5. The van der Waals surface area contributed by atoms with Gasteiger partial charge in [-0.3, -0.25) is 0 Å². The van der Waals surface area contributed by atoms with Gasteiger partial charge in [-0.1, -0.05) is 11.6 Å². The SMILES string of the molecule is COc1cc(NC(=S)NCCC[NH+]2CCOCC2)c(OC)cc1Cl. The lowest BCUT2D eigenvalue weighted by atomic mass is 10.2. The number of hydrogen-bond acceptors (Lipinski definition) is 4. The maximum absolute atomic E-state index is 6.10. The van der Waals surface area contributed by atoms with E-state index in [-0.39, 0.29) is 0 Å². The number of ether oxygens (including phenoxy) is 3. The van der Waals surface area contributed by atoms with Gasteiger partial charge in [0.15, 0.2) is 5.11 Å². The molecule has 0 spiro atoms. The van der Waals surface area contributed by atoms with Crippen molar-refractivity contribution in [3.05, 3.63) is 17.2 Å². The number of rotatable bonds is 7. The second-order valence-electron chi connectivity index (χ2n) is 5.53. The molecule has 0 aromatic heterocycles. The number of nitrogens with one attached hydrogen (secondary N) is 3. The molecule has 0 aliphatic carbocycles. The van der Waals surface area contributed by atoms with Crippen molar-refractivity contribution in [1.82, 2.24) is 5.32 Å².